The van der Waals surface area contributed by atoms with Gasteiger partial charge < -0.3 is 14.3 Å². The summed E-state index contributed by atoms with van der Waals surface area (Å²) < 4.78 is 6.72. The van der Waals surface area contributed by atoms with E-state index in [9.17, 15) is 10.1 Å². The maximum absolute atomic E-state index is 11.4. The molecule has 1 aromatic carbocycles. The van der Waals surface area contributed by atoms with Gasteiger partial charge in [-0.05, 0) is 6.07 Å². The second-order valence-electron chi connectivity index (χ2n) is 4.72. The fourth-order valence-corrected chi connectivity index (χ4v) is 2.47. The number of hydrogen-bond acceptors (Lipinski definition) is 6. The Morgan fingerprint density at radius 2 is 2.00 bits per heavy atom. The van der Waals surface area contributed by atoms with Crippen molar-refractivity contribution in [3.63, 3.8) is 0 Å². The Morgan fingerprint density at radius 1 is 1.26 bits per heavy atom. The number of nitro groups is 1. The number of aromatic nitrogens is 2. The van der Waals surface area contributed by atoms with Crippen LogP contribution in [-0.4, -0.2) is 14.5 Å². The Labute approximate surface area is 136 Å². The second-order valence-corrected chi connectivity index (χ2v) is 5.11. The van der Waals surface area contributed by atoms with Gasteiger partial charge in [0.25, 0.3) is 0 Å². The molecule has 0 fully saturated rings. The first-order chi connectivity index (χ1) is 11.1. The Bertz CT molecular complexity index is 904. The SMILES string of the molecule is Cn1c(-c2ccccc2)nc(=S)c([N+](=O)[O-])c1Nc1ccco1. The molecule has 0 aliphatic carbocycles. The van der Waals surface area contributed by atoms with Gasteiger partial charge in [-0.2, -0.15) is 0 Å². The third kappa shape index (κ3) is 2.84. The normalized spacial score (nSPS) is 10.5. The number of rotatable bonds is 4. The zero-order valence-electron chi connectivity index (χ0n) is 12.1. The average molecular weight is 328 g/mol. The van der Waals surface area contributed by atoms with Crippen molar-refractivity contribution in [3.8, 4) is 11.4 Å². The summed E-state index contributed by atoms with van der Waals surface area (Å²) in [5.74, 6) is 1.11. The molecule has 7 nitrogen and oxygen atoms in total. The molecule has 0 amide bonds. The lowest BCUT2D eigenvalue weighted by atomic mass is 10.2. The summed E-state index contributed by atoms with van der Waals surface area (Å²) in [4.78, 5) is 15.1. The largest absolute Gasteiger partial charge is 0.449 e. The van der Waals surface area contributed by atoms with Gasteiger partial charge in [-0.3, -0.25) is 10.1 Å². The highest BCUT2D eigenvalue weighted by Gasteiger charge is 2.23. The van der Waals surface area contributed by atoms with Crippen molar-refractivity contribution in [2.24, 2.45) is 7.05 Å². The fourth-order valence-electron chi connectivity index (χ4n) is 2.21. The molecule has 0 aliphatic heterocycles. The molecule has 0 saturated heterocycles. The molecule has 2 aromatic heterocycles. The molecule has 23 heavy (non-hydrogen) atoms. The van der Waals surface area contributed by atoms with E-state index < -0.39 is 4.92 Å². The van der Waals surface area contributed by atoms with Crippen LogP contribution in [0.1, 0.15) is 0 Å². The minimum absolute atomic E-state index is 0.0824. The predicted octanol–water partition coefficient (Wildman–Crippen LogP) is 4.06. The molecule has 0 unspecified atom stereocenters. The topological polar surface area (TPSA) is 86.1 Å². The van der Waals surface area contributed by atoms with E-state index >= 15 is 0 Å². The van der Waals surface area contributed by atoms with Gasteiger partial charge in [0.05, 0.1) is 11.2 Å². The number of nitrogens with one attached hydrogen (secondary N) is 1. The van der Waals surface area contributed by atoms with Crippen molar-refractivity contribution in [1.82, 2.24) is 9.55 Å². The highest BCUT2D eigenvalue weighted by Crippen LogP contribution is 2.31. The van der Waals surface area contributed by atoms with Crippen LogP contribution in [0.3, 0.4) is 0 Å². The quantitative estimate of drug-likeness (QED) is 0.441. The molecule has 0 saturated carbocycles. The summed E-state index contributed by atoms with van der Waals surface area (Å²) in [5, 5.41) is 14.3. The Hall–Kier alpha value is -3.00. The van der Waals surface area contributed by atoms with Gasteiger partial charge in [0.1, 0.15) is 5.82 Å². The van der Waals surface area contributed by atoms with E-state index in [2.05, 4.69) is 10.3 Å². The van der Waals surface area contributed by atoms with Gasteiger partial charge in [0, 0.05) is 18.7 Å². The molecule has 0 aliphatic rings. The molecule has 0 spiro atoms. The number of furan rings is 1. The summed E-state index contributed by atoms with van der Waals surface area (Å²) in [6.07, 6.45) is 1.47. The van der Waals surface area contributed by atoms with Crippen molar-refractivity contribution in [1.29, 1.82) is 0 Å². The summed E-state index contributed by atoms with van der Waals surface area (Å²) in [7, 11) is 1.68. The van der Waals surface area contributed by atoms with E-state index in [4.69, 9.17) is 16.6 Å². The van der Waals surface area contributed by atoms with Gasteiger partial charge in [0.2, 0.25) is 4.64 Å². The summed E-state index contributed by atoms with van der Waals surface area (Å²) in [6.45, 7) is 0. The van der Waals surface area contributed by atoms with Crippen molar-refractivity contribution in [2.45, 2.75) is 0 Å². The highest BCUT2D eigenvalue weighted by atomic mass is 32.1. The van der Waals surface area contributed by atoms with Gasteiger partial charge in [-0.1, -0.05) is 42.5 Å². The van der Waals surface area contributed by atoms with Gasteiger partial charge in [-0.15, -0.1) is 0 Å². The summed E-state index contributed by atoms with van der Waals surface area (Å²) >= 11 is 5.12. The van der Waals surface area contributed by atoms with Crippen molar-refractivity contribution < 1.29 is 9.34 Å². The van der Waals surface area contributed by atoms with E-state index in [1.165, 1.54) is 6.26 Å². The molecular formula is C15H12N4O3S. The molecule has 3 aromatic rings. The molecule has 0 bridgehead atoms. The fraction of sp³-hybridized carbons (Fsp3) is 0.0667. The molecule has 3 rings (SSSR count). The number of anilines is 2. The third-order valence-corrected chi connectivity index (χ3v) is 3.55. The number of hydrogen-bond donors (Lipinski definition) is 1. The van der Waals surface area contributed by atoms with Crippen LogP contribution >= 0.6 is 12.2 Å². The van der Waals surface area contributed by atoms with Crippen molar-refractivity contribution in [2.75, 3.05) is 5.32 Å². The average Bonchev–Trinajstić information content (AvgIpc) is 3.04. The van der Waals surface area contributed by atoms with Gasteiger partial charge >= 0.3 is 5.69 Å². The van der Waals surface area contributed by atoms with Crippen LogP contribution in [0, 0.1) is 14.8 Å². The van der Waals surface area contributed by atoms with Crippen LogP contribution in [0.5, 0.6) is 0 Å². The first kappa shape index (κ1) is 14.9. The number of benzene rings is 1. The van der Waals surface area contributed by atoms with E-state index in [0.29, 0.717) is 11.7 Å². The zero-order chi connectivity index (χ0) is 16.4. The number of nitrogens with zero attached hydrogens (tertiary/aromatic N) is 3. The molecule has 116 valence electrons. The lowest BCUT2D eigenvalue weighted by molar-refractivity contribution is -0.385. The first-order valence-electron chi connectivity index (χ1n) is 6.69. The summed E-state index contributed by atoms with van der Waals surface area (Å²) in [5.41, 5.74) is 0.539. The third-order valence-electron chi connectivity index (χ3n) is 3.26. The molecule has 0 atom stereocenters. The van der Waals surface area contributed by atoms with Crippen LogP contribution in [-0.2, 0) is 7.05 Å². The maximum Gasteiger partial charge on any atom is 0.346 e. The molecular weight excluding hydrogens is 316 g/mol. The molecule has 2 heterocycles. The second kappa shape index (κ2) is 6.01. The van der Waals surface area contributed by atoms with Crippen LogP contribution in [0.15, 0.2) is 53.1 Å². The minimum atomic E-state index is -0.546. The first-order valence-corrected chi connectivity index (χ1v) is 7.10. The van der Waals surface area contributed by atoms with Crippen LogP contribution < -0.4 is 5.32 Å². The lowest BCUT2D eigenvalue weighted by Crippen LogP contribution is -2.10. The molecule has 1 N–H and O–H groups in total. The van der Waals surface area contributed by atoms with Gasteiger partial charge in [-0.25, -0.2) is 4.98 Å². The van der Waals surface area contributed by atoms with Crippen LogP contribution in [0.25, 0.3) is 11.4 Å². The molecule has 8 heteroatoms. The standard InChI is InChI=1S/C15H12N4O3S/c1-18-13(10-6-3-2-4-7-10)17-15(23)12(19(20)21)14(18)16-11-8-5-9-22-11/h2-9,16H,1H3. The van der Waals surface area contributed by atoms with Crippen molar-refractivity contribution >= 4 is 29.6 Å². The highest BCUT2D eigenvalue weighted by molar-refractivity contribution is 7.71. The van der Waals surface area contributed by atoms with E-state index in [1.54, 1.807) is 23.7 Å². The van der Waals surface area contributed by atoms with Crippen LogP contribution in [0.2, 0.25) is 0 Å². The monoisotopic (exact) mass is 328 g/mol. The van der Waals surface area contributed by atoms with Crippen LogP contribution in [0.4, 0.5) is 17.4 Å². The Kier molecular flexibility index (Phi) is 3.90. The Balaban J connectivity index is 2.24. The van der Waals surface area contributed by atoms with E-state index in [0.717, 1.165) is 5.56 Å². The maximum atomic E-state index is 11.4. The minimum Gasteiger partial charge on any atom is -0.449 e. The smallest absolute Gasteiger partial charge is 0.346 e. The van der Waals surface area contributed by atoms with E-state index in [1.807, 2.05) is 30.3 Å². The van der Waals surface area contributed by atoms with Crippen molar-refractivity contribution in [3.05, 3.63) is 63.5 Å². The Morgan fingerprint density at radius 3 is 2.61 bits per heavy atom. The lowest BCUT2D eigenvalue weighted by Gasteiger charge is -2.14. The zero-order valence-corrected chi connectivity index (χ0v) is 12.9. The molecule has 0 radical (unpaired) electrons. The summed E-state index contributed by atoms with van der Waals surface area (Å²) in [6, 6.07) is 12.7. The predicted molar refractivity (Wildman–Crippen MR) is 88.1 cm³/mol. The van der Waals surface area contributed by atoms with Gasteiger partial charge in [0.15, 0.2) is 11.7 Å². The van der Waals surface area contributed by atoms with E-state index in [-0.39, 0.29) is 16.1 Å².